The Morgan fingerprint density at radius 2 is 1.59 bits per heavy atom. The smallest absolute Gasteiger partial charge is 0.254 e. The van der Waals surface area contributed by atoms with Crippen molar-refractivity contribution in [2.75, 3.05) is 39.9 Å². The molecule has 32 heavy (non-hydrogen) atoms. The molecule has 3 aromatic rings. The maximum absolute atomic E-state index is 12.7. The quantitative estimate of drug-likeness (QED) is 0.530. The first-order valence-corrected chi connectivity index (χ1v) is 11.0. The summed E-state index contributed by atoms with van der Waals surface area (Å²) >= 11 is 0. The molecule has 0 aliphatic carbocycles. The Bertz CT molecular complexity index is 1080. The lowest BCUT2D eigenvalue weighted by Crippen LogP contribution is -2.50. The third-order valence-electron chi connectivity index (χ3n) is 5.78. The molecule has 3 aromatic carbocycles. The van der Waals surface area contributed by atoms with E-state index in [-0.39, 0.29) is 11.8 Å². The molecule has 0 saturated carbocycles. The highest BCUT2D eigenvalue weighted by Gasteiger charge is 2.24. The van der Waals surface area contributed by atoms with Crippen molar-refractivity contribution in [1.82, 2.24) is 9.80 Å². The predicted octanol–water partition coefficient (Wildman–Crippen LogP) is 3.99. The van der Waals surface area contributed by atoms with Crippen LogP contribution < -0.4 is 9.47 Å². The predicted molar refractivity (Wildman–Crippen MR) is 124 cm³/mol. The number of carbonyl (C=O) groups excluding carboxylic acids is 2. The Morgan fingerprint density at radius 3 is 2.41 bits per heavy atom. The molecule has 0 bridgehead atoms. The SMILES string of the molecule is COc1cccc(C(=O)N2CCN(C(=O)CCCOc3cccc4ccccc34)CC2)c1. The van der Waals surface area contributed by atoms with Crippen LogP contribution in [0, 0.1) is 0 Å². The van der Waals surface area contributed by atoms with Crippen LogP contribution in [0.2, 0.25) is 0 Å². The first-order chi connectivity index (χ1) is 15.7. The third-order valence-corrected chi connectivity index (χ3v) is 5.78. The molecule has 1 heterocycles. The van der Waals surface area contributed by atoms with Gasteiger partial charge in [0.2, 0.25) is 5.91 Å². The largest absolute Gasteiger partial charge is 0.497 e. The lowest BCUT2D eigenvalue weighted by atomic mass is 10.1. The summed E-state index contributed by atoms with van der Waals surface area (Å²) in [5, 5.41) is 2.22. The second kappa shape index (κ2) is 10.2. The van der Waals surface area contributed by atoms with Gasteiger partial charge in [0.25, 0.3) is 5.91 Å². The molecule has 0 radical (unpaired) electrons. The second-order valence-corrected chi connectivity index (χ2v) is 7.83. The average molecular weight is 433 g/mol. The van der Waals surface area contributed by atoms with Crippen molar-refractivity contribution in [1.29, 1.82) is 0 Å². The first-order valence-electron chi connectivity index (χ1n) is 11.0. The number of carbonyl (C=O) groups is 2. The van der Waals surface area contributed by atoms with Gasteiger partial charge in [0.05, 0.1) is 13.7 Å². The lowest BCUT2D eigenvalue weighted by molar-refractivity contribution is -0.132. The summed E-state index contributed by atoms with van der Waals surface area (Å²) in [6, 6.07) is 21.3. The summed E-state index contributed by atoms with van der Waals surface area (Å²) in [6.07, 6.45) is 1.10. The summed E-state index contributed by atoms with van der Waals surface area (Å²) in [6.45, 7) is 2.67. The highest BCUT2D eigenvalue weighted by Crippen LogP contribution is 2.25. The monoisotopic (exact) mass is 432 g/mol. The Morgan fingerprint density at radius 1 is 0.875 bits per heavy atom. The Kier molecular flexibility index (Phi) is 6.90. The van der Waals surface area contributed by atoms with E-state index in [2.05, 4.69) is 12.1 Å². The van der Waals surface area contributed by atoms with Crippen molar-refractivity contribution < 1.29 is 19.1 Å². The molecule has 1 aliphatic heterocycles. The van der Waals surface area contributed by atoms with Crippen molar-refractivity contribution in [3.05, 3.63) is 72.3 Å². The van der Waals surface area contributed by atoms with Gasteiger partial charge in [-0.25, -0.2) is 0 Å². The fraction of sp³-hybridized carbons (Fsp3) is 0.308. The van der Waals surface area contributed by atoms with Crippen LogP contribution in [0.25, 0.3) is 10.8 Å². The first kappa shape index (κ1) is 21.7. The van der Waals surface area contributed by atoms with E-state index in [1.54, 1.807) is 24.1 Å². The highest BCUT2D eigenvalue weighted by molar-refractivity contribution is 5.94. The van der Waals surface area contributed by atoms with E-state index in [4.69, 9.17) is 9.47 Å². The number of piperazine rings is 1. The van der Waals surface area contributed by atoms with E-state index >= 15 is 0 Å². The number of nitrogens with zero attached hydrogens (tertiary/aromatic N) is 2. The number of hydrogen-bond acceptors (Lipinski definition) is 4. The Labute approximate surface area is 188 Å². The standard InChI is InChI=1S/C26H28N2O4/c1-31-22-10-4-9-21(19-22)26(30)28-16-14-27(15-17-28)25(29)13-6-18-32-24-12-5-8-20-7-2-3-11-23(20)24/h2-5,7-12,19H,6,13-18H2,1H3. The van der Waals surface area contributed by atoms with Crippen molar-refractivity contribution >= 4 is 22.6 Å². The summed E-state index contributed by atoms with van der Waals surface area (Å²) in [5.41, 5.74) is 0.606. The minimum absolute atomic E-state index is 0.0283. The van der Waals surface area contributed by atoms with Gasteiger partial charge in [0, 0.05) is 43.5 Å². The van der Waals surface area contributed by atoms with Crippen LogP contribution in [0.1, 0.15) is 23.2 Å². The minimum atomic E-state index is -0.0283. The topological polar surface area (TPSA) is 59.1 Å². The molecule has 4 rings (SSSR count). The van der Waals surface area contributed by atoms with Crippen molar-refractivity contribution in [2.45, 2.75) is 12.8 Å². The second-order valence-electron chi connectivity index (χ2n) is 7.83. The zero-order valence-corrected chi connectivity index (χ0v) is 18.3. The molecule has 6 nitrogen and oxygen atoms in total. The van der Waals surface area contributed by atoms with Crippen LogP contribution in [-0.2, 0) is 4.79 Å². The van der Waals surface area contributed by atoms with Gasteiger partial charge >= 0.3 is 0 Å². The van der Waals surface area contributed by atoms with Gasteiger partial charge in [-0.05, 0) is 36.1 Å². The molecule has 1 fully saturated rings. The van der Waals surface area contributed by atoms with E-state index in [0.29, 0.717) is 56.9 Å². The maximum atomic E-state index is 12.7. The van der Waals surface area contributed by atoms with E-state index in [9.17, 15) is 9.59 Å². The lowest BCUT2D eigenvalue weighted by Gasteiger charge is -2.35. The number of fused-ring (bicyclic) bond motifs is 1. The number of amides is 2. The van der Waals surface area contributed by atoms with Crippen LogP contribution in [0.3, 0.4) is 0 Å². The van der Waals surface area contributed by atoms with E-state index in [0.717, 1.165) is 16.5 Å². The molecular weight excluding hydrogens is 404 g/mol. The third kappa shape index (κ3) is 5.02. The normalized spacial score (nSPS) is 13.8. The molecule has 0 N–H and O–H groups in total. The highest BCUT2D eigenvalue weighted by atomic mass is 16.5. The maximum Gasteiger partial charge on any atom is 0.254 e. The van der Waals surface area contributed by atoms with Gasteiger partial charge < -0.3 is 19.3 Å². The number of methoxy groups -OCH3 is 1. The van der Waals surface area contributed by atoms with Crippen LogP contribution in [-0.4, -0.2) is 61.5 Å². The summed E-state index contributed by atoms with van der Waals surface area (Å²) < 4.78 is 11.1. The van der Waals surface area contributed by atoms with E-state index in [1.807, 2.05) is 47.4 Å². The molecule has 166 valence electrons. The van der Waals surface area contributed by atoms with Gasteiger partial charge in [-0.3, -0.25) is 9.59 Å². The van der Waals surface area contributed by atoms with Gasteiger partial charge in [-0.2, -0.15) is 0 Å². The van der Waals surface area contributed by atoms with Gasteiger partial charge in [0.15, 0.2) is 0 Å². The van der Waals surface area contributed by atoms with Crippen molar-refractivity contribution in [2.24, 2.45) is 0 Å². The fourth-order valence-corrected chi connectivity index (χ4v) is 3.98. The number of hydrogen-bond donors (Lipinski definition) is 0. The molecule has 0 atom stereocenters. The van der Waals surface area contributed by atoms with E-state index in [1.165, 1.54) is 0 Å². The number of ether oxygens (including phenoxy) is 2. The van der Waals surface area contributed by atoms with Gasteiger partial charge in [-0.15, -0.1) is 0 Å². The molecule has 0 aromatic heterocycles. The zero-order chi connectivity index (χ0) is 22.3. The minimum Gasteiger partial charge on any atom is -0.497 e. The van der Waals surface area contributed by atoms with Crippen LogP contribution in [0.15, 0.2) is 66.7 Å². The molecule has 0 unspecified atom stereocenters. The van der Waals surface area contributed by atoms with Crippen molar-refractivity contribution in [3.8, 4) is 11.5 Å². The zero-order valence-electron chi connectivity index (χ0n) is 18.3. The number of rotatable bonds is 7. The average Bonchev–Trinajstić information content (AvgIpc) is 2.86. The summed E-state index contributed by atoms with van der Waals surface area (Å²) in [7, 11) is 1.58. The molecule has 1 saturated heterocycles. The molecule has 6 heteroatoms. The fourth-order valence-electron chi connectivity index (χ4n) is 3.98. The van der Waals surface area contributed by atoms with Gasteiger partial charge in [0.1, 0.15) is 11.5 Å². The molecule has 1 aliphatic rings. The molecular formula is C26H28N2O4. The number of benzene rings is 3. The Hall–Kier alpha value is -3.54. The Balaban J connectivity index is 1.22. The molecule has 0 spiro atoms. The summed E-state index contributed by atoms with van der Waals surface area (Å²) in [5.74, 6) is 1.59. The van der Waals surface area contributed by atoms with Crippen LogP contribution in [0.5, 0.6) is 11.5 Å². The summed E-state index contributed by atoms with van der Waals surface area (Å²) in [4.78, 5) is 29.0. The van der Waals surface area contributed by atoms with Gasteiger partial charge in [-0.1, -0.05) is 42.5 Å². The van der Waals surface area contributed by atoms with E-state index < -0.39 is 0 Å². The van der Waals surface area contributed by atoms with Crippen LogP contribution in [0.4, 0.5) is 0 Å². The van der Waals surface area contributed by atoms with Crippen LogP contribution >= 0.6 is 0 Å². The molecule has 2 amide bonds. The van der Waals surface area contributed by atoms with Crippen molar-refractivity contribution in [3.63, 3.8) is 0 Å².